The van der Waals surface area contributed by atoms with Crippen LogP contribution in [-0.4, -0.2) is 4.98 Å². The molecule has 0 amide bonds. The normalized spacial score (nSPS) is 11.3. The van der Waals surface area contributed by atoms with Gasteiger partial charge in [0, 0.05) is 11.2 Å². The Morgan fingerprint density at radius 3 is 2.48 bits per heavy atom. The van der Waals surface area contributed by atoms with E-state index in [1.807, 2.05) is 24.3 Å². The largest absolute Gasteiger partial charge is 0.243 e. The highest BCUT2D eigenvalue weighted by atomic mass is 35.5. The van der Waals surface area contributed by atoms with E-state index in [2.05, 4.69) is 11.1 Å². The molecule has 5 heteroatoms. The topological polar surface area (TPSA) is 36.7 Å². The summed E-state index contributed by atoms with van der Waals surface area (Å²) in [5.41, 5.74) is 2.20. The van der Waals surface area contributed by atoms with E-state index in [9.17, 15) is 9.65 Å². The van der Waals surface area contributed by atoms with Crippen LogP contribution in [0, 0.1) is 17.1 Å². The van der Waals surface area contributed by atoms with Gasteiger partial charge in [0.25, 0.3) is 0 Å². The number of allylic oxidation sites excluding steroid dienone is 1. The number of hydrogen-bond donors (Lipinski definition) is 0. The second kappa shape index (κ2) is 6.74. The van der Waals surface area contributed by atoms with Gasteiger partial charge in [0.1, 0.15) is 16.9 Å². The van der Waals surface area contributed by atoms with Gasteiger partial charge in [-0.3, -0.25) is 0 Å². The Morgan fingerprint density at radius 1 is 1.13 bits per heavy atom. The fourth-order valence-corrected chi connectivity index (χ4v) is 3.03. The molecule has 0 radical (unpaired) electrons. The van der Waals surface area contributed by atoms with Crippen LogP contribution in [0.15, 0.2) is 54.7 Å². The summed E-state index contributed by atoms with van der Waals surface area (Å²) < 4.78 is 12.9. The summed E-state index contributed by atoms with van der Waals surface area (Å²) in [6.45, 7) is 0. The Labute approximate surface area is 142 Å². The van der Waals surface area contributed by atoms with Crippen LogP contribution in [0.25, 0.3) is 22.1 Å². The molecule has 0 saturated heterocycles. The fourth-order valence-electron chi connectivity index (χ4n) is 2.01. The summed E-state index contributed by atoms with van der Waals surface area (Å²) in [5.74, 6) is -0.306. The minimum atomic E-state index is -0.306. The SMILES string of the molecule is N#CC(=Cc1ccc(F)cc1)c1ncc(-c2ccc(Cl)cc2)s1. The van der Waals surface area contributed by atoms with Crippen molar-refractivity contribution in [2.24, 2.45) is 0 Å². The first-order valence-electron chi connectivity index (χ1n) is 6.75. The quantitative estimate of drug-likeness (QED) is 0.576. The van der Waals surface area contributed by atoms with Crippen molar-refractivity contribution < 1.29 is 4.39 Å². The van der Waals surface area contributed by atoms with Crippen LogP contribution in [0.5, 0.6) is 0 Å². The zero-order valence-electron chi connectivity index (χ0n) is 11.8. The lowest BCUT2D eigenvalue weighted by atomic mass is 10.1. The molecule has 0 spiro atoms. The Morgan fingerprint density at radius 2 is 1.83 bits per heavy atom. The number of hydrogen-bond acceptors (Lipinski definition) is 3. The number of halogens is 2. The number of benzene rings is 2. The molecule has 1 heterocycles. The fraction of sp³-hybridized carbons (Fsp3) is 0. The highest BCUT2D eigenvalue weighted by Crippen LogP contribution is 2.31. The number of rotatable bonds is 3. The molecule has 2 aromatic carbocycles. The van der Waals surface area contributed by atoms with Crippen LogP contribution in [0.2, 0.25) is 5.02 Å². The Hall–Kier alpha value is -2.48. The van der Waals surface area contributed by atoms with Crippen LogP contribution >= 0.6 is 22.9 Å². The molecule has 23 heavy (non-hydrogen) atoms. The van der Waals surface area contributed by atoms with Gasteiger partial charge < -0.3 is 0 Å². The van der Waals surface area contributed by atoms with Crippen LogP contribution < -0.4 is 0 Å². The van der Waals surface area contributed by atoms with Crippen molar-refractivity contribution in [1.82, 2.24) is 4.98 Å². The van der Waals surface area contributed by atoms with E-state index >= 15 is 0 Å². The number of thiazole rings is 1. The highest BCUT2D eigenvalue weighted by Gasteiger charge is 2.09. The van der Waals surface area contributed by atoms with Crippen molar-refractivity contribution in [2.75, 3.05) is 0 Å². The maximum atomic E-state index is 12.9. The molecule has 0 atom stereocenters. The summed E-state index contributed by atoms with van der Waals surface area (Å²) in [7, 11) is 0. The lowest BCUT2D eigenvalue weighted by molar-refractivity contribution is 0.628. The maximum Gasteiger partial charge on any atom is 0.134 e. The minimum absolute atomic E-state index is 0.306. The van der Waals surface area contributed by atoms with E-state index in [4.69, 9.17) is 11.6 Å². The summed E-state index contributed by atoms with van der Waals surface area (Å²) in [6.07, 6.45) is 3.43. The van der Waals surface area contributed by atoms with Crippen molar-refractivity contribution in [3.8, 4) is 16.5 Å². The van der Waals surface area contributed by atoms with Crippen LogP contribution in [-0.2, 0) is 0 Å². The standard InChI is InChI=1S/C18H10ClFN2S/c19-15-5-3-13(4-6-15)17-11-22-18(23-17)14(10-21)9-12-1-7-16(20)8-2-12/h1-9,11H. The molecule has 0 aliphatic rings. The Balaban J connectivity index is 1.92. The molecule has 0 aliphatic carbocycles. The van der Waals surface area contributed by atoms with Crippen molar-refractivity contribution in [1.29, 1.82) is 5.26 Å². The second-order valence-electron chi connectivity index (χ2n) is 4.76. The van der Waals surface area contributed by atoms with Crippen LogP contribution in [0.4, 0.5) is 4.39 Å². The predicted molar refractivity (Wildman–Crippen MR) is 92.4 cm³/mol. The van der Waals surface area contributed by atoms with E-state index in [1.54, 1.807) is 24.4 Å². The van der Waals surface area contributed by atoms with E-state index in [-0.39, 0.29) is 5.82 Å². The zero-order chi connectivity index (χ0) is 16.2. The summed E-state index contributed by atoms with van der Waals surface area (Å²) >= 11 is 7.32. The molecule has 0 N–H and O–H groups in total. The molecule has 112 valence electrons. The zero-order valence-corrected chi connectivity index (χ0v) is 13.4. The first-order valence-corrected chi connectivity index (χ1v) is 7.94. The molecule has 0 saturated carbocycles. The lowest BCUT2D eigenvalue weighted by Gasteiger charge is -1.97. The van der Waals surface area contributed by atoms with Crippen molar-refractivity contribution in [3.63, 3.8) is 0 Å². The molecular weight excluding hydrogens is 331 g/mol. The van der Waals surface area contributed by atoms with Gasteiger partial charge in [-0.05, 0) is 41.5 Å². The molecule has 3 rings (SSSR count). The highest BCUT2D eigenvalue weighted by molar-refractivity contribution is 7.16. The summed E-state index contributed by atoms with van der Waals surface area (Å²) in [5, 5.41) is 10.7. The van der Waals surface area contributed by atoms with Crippen molar-refractivity contribution >= 4 is 34.6 Å². The smallest absolute Gasteiger partial charge is 0.134 e. The number of aromatic nitrogens is 1. The van der Waals surface area contributed by atoms with Crippen molar-refractivity contribution in [3.05, 3.63) is 76.1 Å². The van der Waals surface area contributed by atoms with Gasteiger partial charge in [-0.15, -0.1) is 11.3 Å². The second-order valence-corrected chi connectivity index (χ2v) is 6.23. The van der Waals surface area contributed by atoms with Gasteiger partial charge in [-0.2, -0.15) is 5.26 Å². The van der Waals surface area contributed by atoms with Crippen LogP contribution in [0.3, 0.4) is 0 Å². The average molecular weight is 341 g/mol. The van der Waals surface area contributed by atoms with Gasteiger partial charge >= 0.3 is 0 Å². The monoisotopic (exact) mass is 340 g/mol. The predicted octanol–water partition coefficient (Wildman–Crippen LogP) is 5.67. The van der Waals surface area contributed by atoms with E-state index in [0.29, 0.717) is 15.6 Å². The van der Waals surface area contributed by atoms with Gasteiger partial charge in [-0.1, -0.05) is 35.9 Å². The molecule has 2 nitrogen and oxygen atoms in total. The maximum absolute atomic E-state index is 12.9. The summed E-state index contributed by atoms with van der Waals surface area (Å²) in [6, 6.07) is 15.6. The molecule has 0 fully saturated rings. The van der Waals surface area contributed by atoms with E-state index in [0.717, 1.165) is 16.0 Å². The number of nitrogens with zero attached hydrogens (tertiary/aromatic N) is 2. The lowest BCUT2D eigenvalue weighted by Crippen LogP contribution is -1.80. The summed E-state index contributed by atoms with van der Waals surface area (Å²) in [4.78, 5) is 5.28. The van der Waals surface area contributed by atoms with Gasteiger partial charge in [0.2, 0.25) is 0 Å². The Bertz CT molecular complexity index is 890. The van der Waals surface area contributed by atoms with Crippen LogP contribution in [0.1, 0.15) is 10.6 Å². The van der Waals surface area contributed by atoms with Gasteiger partial charge in [0.15, 0.2) is 0 Å². The van der Waals surface area contributed by atoms with Gasteiger partial charge in [-0.25, -0.2) is 9.37 Å². The molecule has 3 aromatic rings. The molecule has 0 aliphatic heterocycles. The molecule has 1 aromatic heterocycles. The third kappa shape index (κ3) is 3.65. The third-order valence-corrected chi connectivity index (χ3v) is 4.50. The number of nitriles is 1. The molecule has 0 bridgehead atoms. The first-order chi connectivity index (χ1) is 11.2. The van der Waals surface area contributed by atoms with E-state index < -0.39 is 0 Å². The molecular formula is C18H10ClFN2S. The Kier molecular flexibility index (Phi) is 4.52. The van der Waals surface area contributed by atoms with Crippen molar-refractivity contribution in [2.45, 2.75) is 0 Å². The average Bonchev–Trinajstić information content (AvgIpc) is 3.05. The first kappa shape index (κ1) is 15.4. The van der Waals surface area contributed by atoms with E-state index in [1.165, 1.54) is 23.5 Å². The minimum Gasteiger partial charge on any atom is -0.243 e. The third-order valence-electron chi connectivity index (χ3n) is 3.17. The molecule has 0 unspecified atom stereocenters. The van der Waals surface area contributed by atoms with Gasteiger partial charge in [0.05, 0.1) is 10.5 Å².